The highest BCUT2D eigenvalue weighted by atomic mass is 32.2. The van der Waals surface area contributed by atoms with Gasteiger partial charge in [-0.1, -0.05) is 24.3 Å². The van der Waals surface area contributed by atoms with Crippen LogP contribution in [0.15, 0.2) is 59.7 Å². The van der Waals surface area contributed by atoms with Crippen LogP contribution in [0, 0.1) is 6.92 Å². The highest BCUT2D eigenvalue weighted by Gasteiger charge is 2.14. The van der Waals surface area contributed by atoms with Gasteiger partial charge in [-0.15, -0.1) is 11.8 Å². The number of benzene rings is 2. The molecule has 1 aliphatic rings. The monoisotopic (exact) mass is 368 g/mol. The molecule has 5 nitrogen and oxygen atoms in total. The largest absolute Gasteiger partial charge is 0.487 e. The Bertz CT molecular complexity index is 831. The van der Waals surface area contributed by atoms with Crippen molar-refractivity contribution < 1.29 is 14.3 Å². The normalized spacial score (nSPS) is 13.3. The Morgan fingerprint density at radius 1 is 1.08 bits per heavy atom. The first-order valence-electron chi connectivity index (χ1n) is 8.32. The summed E-state index contributed by atoms with van der Waals surface area (Å²) in [5.74, 6) is 0.736. The molecule has 0 spiro atoms. The van der Waals surface area contributed by atoms with Crippen molar-refractivity contribution in [3.05, 3.63) is 76.4 Å². The Balaban J connectivity index is 1.56. The summed E-state index contributed by atoms with van der Waals surface area (Å²) in [4.78, 5) is 24.4. The summed E-state index contributed by atoms with van der Waals surface area (Å²) in [6.45, 7) is 3.03. The van der Waals surface area contributed by atoms with E-state index in [2.05, 4.69) is 10.6 Å². The Morgan fingerprint density at radius 2 is 1.85 bits per heavy atom. The van der Waals surface area contributed by atoms with Gasteiger partial charge in [-0.2, -0.15) is 0 Å². The van der Waals surface area contributed by atoms with Crippen LogP contribution in [0.2, 0.25) is 0 Å². The lowest BCUT2D eigenvalue weighted by Crippen LogP contribution is -2.23. The number of thioether (sulfide) groups is 1. The number of hydrogen-bond acceptors (Lipinski definition) is 4. The van der Waals surface area contributed by atoms with Crippen LogP contribution in [-0.4, -0.2) is 24.2 Å². The van der Waals surface area contributed by atoms with Gasteiger partial charge in [0.1, 0.15) is 0 Å². The van der Waals surface area contributed by atoms with Crippen LogP contribution in [-0.2, 0) is 16.1 Å². The lowest BCUT2D eigenvalue weighted by molar-refractivity contribution is -0.116. The number of aryl methyl sites for hydroxylation is 1. The molecule has 0 aliphatic carbocycles. The number of carbonyl (C=O) groups is 2. The van der Waals surface area contributed by atoms with E-state index in [1.807, 2.05) is 31.2 Å². The van der Waals surface area contributed by atoms with Crippen molar-refractivity contribution >= 4 is 29.3 Å². The number of nitrogens with one attached hydrogen (secondary N) is 2. The van der Waals surface area contributed by atoms with Crippen LogP contribution in [0.3, 0.4) is 0 Å². The molecule has 2 aromatic carbocycles. The molecular weight excluding hydrogens is 348 g/mol. The second-order valence-electron chi connectivity index (χ2n) is 5.84. The van der Waals surface area contributed by atoms with Crippen LogP contribution in [0.5, 0.6) is 0 Å². The maximum Gasteiger partial charge on any atom is 0.291 e. The molecule has 0 aromatic heterocycles. The van der Waals surface area contributed by atoms with E-state index in [0.29, 0.717) is 30.2 Å². The maximum absolute atomic E-state index is 12.3. The zero-order valence-electron chi connectivity index (χ0n) is 14.5. The zero-order chi connectivity index (χ0) is 18.4. The van der Waals surface area contributed by atoms with Gasteiger partial charge >= 0.3 is 0 Å². The molecule has 0 atom stereocenters. The first-order valence-corrected chi connectivity index (χ1v) is 9.37. The molecule has 2 aromatic rings. The lowest BCUT2D eigenvalue weighted by atomic mass is 10.1. The standard InChI is InChI=1S/C20H20N2O3S/c1-14-4-2-3-5-16(14)12-21-19(23)15-6-8-17(9-7-15)22-20(24)18-13-26-11-10-25-18/h2-9,13H,10-12H2,1H3,(H,21,23)(H,22,24). The van der Waals surface area contributed by atoms with E-state index in [1.165, 1.54) is 0 Å². The van der Waals surface area contributed by atoms with E-state index in [4.69, 9.17) is 4.74 Å². The summed E-state index contributed by atoms with van der Waals surface area (Å²) < 4.78 is 5.32. The van der Waals surface area contributed by atoms with Gasteiger partial charge in [0, 0.05) is 29.0 Å². The van der Waals surface area contributed by atoms with Gasteiger partial charge in [0.25, 0.3) is 11.8 Å². The molecule has 26 heavy (non-hydrogen) atoms. The predicted octanol–water partition coefficient (Wildman–Crippen LogP) is 3.47. The molecule has 2 N–H and O–H groups in total. The van der Waals surface area contributed by atoms with Gasteiger partial charge in [0.15, 0.2) is 5.76 Å². The van der Waals surface area contributed by atoms with Gasteiger partial charge in [-0.25, -0.2) is 0 Å². The summed E-state index contributed by atoms with van der Waals surface area (Å²) in [6, 6.07) is 14.7. The zero-order valence-corrected chi connectivity index (χ0v) is 15.3. The first-order chi connectivity index (χ1) is 12.6. The van der Waals surface area contributed by atoms with Crippen LogP contribution >= 0.6 is 11.8 Å². The van der Waals surface area contributed by atoms with Crippen molar-refractivity contribution in [2.75, 3.05) is 17.7 Å². The molecule has 1 aliphatic heterocycles. The number of anilines is 1. The molecule has 0 radical (unpaired) electrons. The third kappa shape index (κ3) is 4.67. The van der Waals surface area contributed by atoms with Crippen molar-refractivity contribution in [3.8, 4) is 0 Å². The molecule has 134 valence electrons. The third-order valence-corrected chi connectivity index (χ3v) is 4.76. The van der Waals surface area contributed by atoms with Crippen molar-refractivity contribution in [3.63, 3.8) is 0 Å². The van der Waals surface area contributed by atoms with Crippen molar-refractivity contribution in [1.82, 2.24) is 5.32 Å². The first kappa shape index (κ1) is 18.1. The molecule has 0 bridgehead atoms. The molecule has 2 amide bonds. The van der Waals surface area contributed by atoms with Gasteiger partial charge < -0.3 is 15.4 Å². The van der Waals surface area contributed by atoms with Crippen molar-refractivity contribution in [2.24, 2.45) is 0 Å². The predicted molar refractivity (Wildman–Crippen MR) is 104 cm³/mol. The number of rotatable bonds is 5. The Kier molecular flexibility index (Phi) is 5.96. The smallest absolute Gasteiger partial charge is 0.291 e. The average molecular weight is 368 g/mol. The molecule has 0 saturated carbocycles. The van der Waals surface area contributed by atoms with Crippen LogP contribution < -0.4 is 10.6 Å². The van der Waals surface area contributed by atoms with Crippen LogP contribution in [0.1, 0.15) is 21.5 Å². The lowest BCUT2D eigenvalue weighted by Gasteiger charge is -2.14. The summed E-state index contributed by atoms with van der Waals surface area (Å²) >= 11 is 1.55. The summed E-state index contributed by atoms with van der Waals surface area (Å²) in [7, 11) is 0. The van der Waals surface area contributed by atoms with Crippen LogP contribution in [0.4, 0.5) is 5.69 Å². The van der Waals surface area contributed by atoms with E-state index in [1.54, 1.807) is 41.4 Å². The molecule has 3 rings (SSSR count). The van der Waals surface area contributed by atoms with Crippen molar-refractivity contribution in [1.29, 1.82) is 0 Å². The highest BCUT2D eigenvalue weighted by Crippen LogP contribution is 2.17. The minimum Gasteiger partial charge on any atom is -0.487 e. The fourth-order valence-corrected chi connectivity index (χ4v) is 3.09. The Morgan fingerprint density at radius 3 is 2.54 bits per heavy atom. The second kappa shape index (κ2) is 8.58. The van der Waals surface area contributed by atoms with Crippen molar-refractivity contribution in [2.45, 2.75) is 13.5 Å². The molecule has 1 heterocycles. The second-order valence-corrected chi connectivity index (χ2v) is 6.82. The fraction of sp³-hybridized carbons (Fsp3) is 0.200. The minimum absolute atomic E-state index is 0.152. The maximum atomic E-state index is 12.3. The van der Waals surface area contributed by atoms with Gasteiger partial charge in [0.05, 0.1) is 6.61 Å². The number of hydrogen-bond donors (Lipinski definition) is 2. The Labute approximate surface area is 156 Å². The number of amides is 2. The molecule has 0 unspecified atom stereocenters. The summed E-state index contributed by atoms with van der Waals surface area (Å²) in [5, 5.41) is 7.39. The van der Waals surface area contributed by atoms with Crippen LogP contribution in [0.25, 0.3) is 0 Å². The van der Waals surface area contributed by atoms with E-state index in [9.17, 15) is 9.59 Å². The molecule has 0 saturated heterocycles. The van der Waals surface area contributed by atoms with Gasteiger partial charge in [-0.05, 0) is 42.3 Å². The van der Waals surface area contributed by atoms with Gasteiger partial charge in [-0.3, -0.25) is 9.59 Å². The minimum atomic E-state index is -0.283. The quantitative estimate of drug-likeness (QED) is 0.848. The summed E-state index contributed by atoms with van der Waals surface area (Å²) in [6.07, 6.45) is 0. The van der Waals surface area contributed by atoms with E-state index in [-0.39, 0.29) is 11.8 Å². The summed E-state index contributed by atoms with van der Waals surface area (Å²) in [5.41, 5.74) is 3.39. The van der Waals surface area contributed by atoms with E-state index in [0.717, 1.165) is 16.9 Å². The molecular formula is C20H20N2O3S. The number of ether oxygens (including phenoxy) is 1. The molecule has 6 heteroatoms. The number of carbonyl (C=O) groups excluding carboxylic acids is 2. The SMILES string of the molecule is Cc1ccccc1CNC(=O)c1ccc(NC(=O)C2=CSCCO2)cc1. The van der Waals surface area contributed by atoms with Gasteiger partial charge in [0.2, 0.25) is 0 Å². The van der Waals surface area contributed by atoms with E-state index < -0.39 is 0 Å². The third-order valence-electron chi connectivity index (χ3n) is 3.98. The highest BCUT2D eigenvalue weighted by molar-refractivity contribution is 8.02. The fourth-order valence-electron chi connectivity index (χ4n) is 2.47. The molecule has 0 fully saturated rings. The Hall–Kier alpha value is -2.73. The topological polar surface area (TPSA) is 67.4 Å². The average Bonchev–Trinajstić information content (AvgIpc) is 2.68. The van der Waals surface area contributed by atoms with E-state index >= 15 is 0 Å².